The molecule has 0 saturated carbocycles. The molecule has 0 spiro atoms. The Hall–Kier alpha value is -0.740. The van der Waals surface area contributed by atoms with Gasteiger partial charge < -0.3 is 4.74 Å². The average molecular weight is 225 g/mol. The van der Waals surface area contributed by atoms with Gasteiger partial charge in [-0.1, -0.05) is 0 Å². The molecule has 1 aromatic rings. The summed E-state index contributed by atoms with van der Waals surface area (Å²) in [6, 6.07) is 0. The van der Waals surface area contributed by atoms with E-state index in [-0.39, 0.29) is 5.78 Å². The van der Waals surface area contributed by atoms with Crippen LogP contribution in [0.5, 0.6) is 0 Å². The third-order valence-corrected chi connectivity index (χ3v) is 3.48. The van der Waals surface area contributed by atoms with Crippen LogP contribution in [0.15, 0.2) is 5.38 Å². The SMILES string of the molecule is CC(=O)Cc1nc(C2CCOCC2)cs1. The highest BCUT2D eigenvalue weighted by Gasteiger charge is 2.18. The maximum absolute atomic E-state index is 10.9. The van der Waals surface area contributed by atoms with Crippen LogP contribution in [0.2, 0.25) is 0 Å². The number of ether oxygens (including phenoxy) is 1. The number of hydrogen-bond acceptors (Lipinski definition) is 4. The molecular weight excluding hydrogens is 210 g/mol. The van der Waals surface area contributed by atoms with Crippen LogP contribution < -0.4 is 0 Å². The smallest absolute Gasteiger partial charge is 0.136 e. The fourth-order valence-corrected chi connectivity index (χ4v) is 2.75. The molecule has 82 valence electrons. The van der Waals surface area contributed by atoms with Crippen LogP contribution in [0.25, 0.3) is 0 Å². The van der Waals surface area contributed by atoms with Gasteiger partial charge in [0.25, 0.3) is 0 Å². The zero-order valence-electron chi connectivity index (χ0n) is 8.86. The molecule has 0 unspecified atom stereocenters. The lowest BCUT2D eigenvalue weighted by molar-refractivity contribution is -0.116. The normalized spacial score (nSPS) is 17.9. The van der Waals surface area contributed by atoms with Gasteiger partial charge in [-0.05, 0) is 19.8 Å². The second-order valence-corrected chi connectivity index (χ2v) is 4.87. The van der Waals surface area contributed by atoms with Crippen molar-refractivity contribution in [3.8, 4) is 0 Å². The first-order valence-corrected chi connectivity index (χ1v) is 6.15. The molecule has 0 atom stereocenters. The van der Waals surface area contributed by atoms with Gasteiger partial charge in [0.15, 0.2) is 0 Å². The standard InChI is InChI=1S/C11H15NO2S/c1-8(13)6-11-12-10(7-15-11)9-2-4-14-5-3-9/h7,9H,2-6H2,1H3. The minimum absolute atomic E-state index is 0.183. The fourth-order valence-electron chi connectivity index (χ4n) is 1.80. The van der Waals surface area contributed by atoms with Crippen molar-refractivity contribution in [1.29, 1.82) is 0 Å². The number of carbonyl (C=O) groups excluding carboxylic acids is 1. The number of Topliss-reactive ketones (excluding diaryl/α,β-unsaturated/α-hetero) is 1. The first kappa shape index (κ1) is 10.8. The van der Waals surface area contributed by atoms with E-state index in [0.29, 0.717) is 12.3 Å². The minimum Gasteiger partial charge on any atom is -0.381 e. The maximum atomic E-state index is 10.9. The van der Waals surface area contributed by atoms with Crippen molar-refractivity contribution in [3.63, 3.8) is 0 Å². The monoisotopic (exact) mass is 225 g/mol. The summed E-state index contributed by atoms with van der Waals surface area (Å²) in [6.07, 6.45) is 2.60. The Kier molecular flexibility index (Phi) is 3.49. The first-order chi connectivity index (χ1) is 7.25. The largest absolute Gasteiger partial charge is 0.381 e. The number of hydrogen-bond donors (Lipinski definition) is 0. The molecule has 2 rings (SSSR count). The molecule has 3 nitrogen and oxygen atoms in total. The lowest BCUT2D eigenvalue weighted by atomic mass is 9.97. The molecule has 15 heavy (non-hydrogen) atoms. The predicted molar refractivity (Wildman–Crippen MR) is 59.3 cm³/mol. The van der Waals surface area contributed by atoms with Crippen molar-refractivity contribution in [3.05, 3.63) is 16.1 Å². The summed E-state index contributed by atoms with van der Waals surface area (Å²) in [5, 5.41) is 3.04. The number of carbonyl (C=O) groups is 1. The number of rotatable bonds is 3. The molecule has 4 heteroatoms. The Morgan fingerprint density at radius 3 is 3.00 bits per heavy atom. The molecule has 1 saturated heterocycles. The van der Waals surface area contributed by atoms with Gasteiger partial charge in [0.05, 0.1) is 12.1 Å². The molecule has 0 N–H and O–H groups in total. The Morgan fingerprint density at radius 2 is 2.33 bits per heavy atom. The zero-order valence-corrected chi connectivity index (χ0v) is 9.68. The number of ketones is 1. The van der Waals surface area contributed by atoms with E-state index in [1.54, 1.807) is 18.3 Å². The highest BCUT2D eigenvalue weighted by molar-refractivity contribution is 7.09. The van der Waals surface area contributed by atoms with Crippen LogP contribution in [0.3, 0.4) is 0 Å². The van der Waals surface area contributed by atoms with Crippen molar-refractivity contribution in [1.82, 2.24) is 4.98 Å². The van der Waals surface area contributed by atoms with Gasteiger partial charge in [0.1, 0.15) is 10.8 Å². The van der Waals surface area contributed by atoms with E-state index in [1.165, 1.54) is 0 Å². The number of thiazole rings is 1. The van der Waals surface area contributed by atoms with Gasteiger partial charge in [-0.3, -0.25) is 4.79 Å². The third kappa shape index (κ3) is 2.86. The number of nitrogens with zero attached hydrogens (tertiary/aromatic N) is 1. The summed E-state index contributed by atoms with van der Waals surface area (Å²) in [6.45, 7) is 3.28. The van der Waals surface area contributed by atoms with Gasteiger partial charge in [-0.2, -0.15) is 0 Å². The van der Waals surface area contributed by atoms with Crippen LogP contribution in [-0.2, 0) is 16.0 Å². The van der Waals surface area contributed by atoms with Crippen LogP contribution in [0, 0.1) is 0 Å². The molecule has 0 amide bonds. The highest BCUT2D eigenvalue weighted by atomic mass is 32.1. The molecule has 1 aromatic heterocycles. The summed E-state index contributed by atoms with van der Waals surface area (Å²) >= 11 is 1.60. The van der Waals surface area contributed by atoms with E-state index >= 15 is 0 Å². The second-order valence-electron chi connectivity index (χ2n) is 3.93. The van der Waals surface area contributed by atoms with E-state index in [1.807, 2.05) is 0 Å². The van der Waals surface area contributed by atoms with Crippen molar-refractivity contribution in [2.75, 3.05) is 13.2 Å². The molecule has 1 aliphatic rings. The molecule has 1 fully saturated rings. The lowest BCUT2D eigenvalue weighted by Crippen LogP contribution is -2.14. The Morgan fingerprint density at radius 1 is 1.60 bits per heavy atom. The van der Waals surface area contributed by atoms with Gasteiger partial charge in [-0.25, -0.2) is 4.98 Å². The molecule has 0 aromatic carbocycles. The van der Waals surface area contributed by atoms with E-state index in [0.717, 1.165) is 36.8 Å². The van der Waals surface area contributed by atoms with Gasteiger partial charge in [-0.15, -0.1) is 11.3 Å². The summed E-state index contributed by atoms with van der Waals surface area (Å²) in [5.41, 5.74) is 1.15. The van der Waals surface area contributed by atoms with E-state index < -0.39 is 0 Å². The van der Waals surface area contributed by atoms with Crippen LogP contribution in [0.1, 0.15) is 36.4 Å². The molecule has 0 aliphatic carbocycles. The topological polar surface area (TPSA) is 39.2 Å². The molecule has 1 aliphatic heterocycles. The fraction of sp³-hybridized carbons (Fsp3) is 0.636. The van der Waals surface area contributed by atoms with Crippen molar-refractivity contribution in [2.24, 2.45) is 0 Å². The van der Waals surface area contributed by atoms with Crippen LogP contribution in [-0.4, -0.2) is 24.0 Å². The summed E-state index contributed by atoms with van der Waals surface area (Å²) in [4.78, 5) is 15.5. The summed E-state index contributed by atoms with van der Waals surface area (Å²) in [7, 11) is 0. The van der Waals surface area contributed by atoms with Crippen LogP contribution >= 0.6 is 11.3 Å². The Bertz CT molecular complexity index is 342. The number of aromatic nitrogens is 1. The second kappa shape index (κ2) is 4.86. The lowest BCUT2D eigenvalue weighted by Gasteiger charge is -2.19. The van der Waals surface area contributed by atoms with Crippen molar-refractivity contribution in [2.45, 2.75) is 32.1 Å². The molecule has 0 radical (unpaired) electrons. The maximum Gasteiger partial charge on any atom is 0.136 e. The molecular formula is C11H15NO2S. The van der Waals surface area contributed by atoms with Crippen LogP contribution in [0.4, 0.5) is 0 Å². The predicted octanol–water partition coefficient (Wildman–Crippen LogP) is 2.17. The van der Waals surface area contributed by atoms with Gasteiger partial charge in [0, 0.05) is 24.5 Å². The minimum atomic E-state index is 0.183. The summed E-state index contributed by atoms with van der Waals surface area (Å²) < 4.78 is 5.31. The Balaban J connectivity index is 2.02. The van der Waals surface area contributed by atoms with Gasteiger partial charge in [0.2, 0.25) is 0 Å². The first-order valence-electron chi connectivity index (χ1n) is 5.27. The Labute approximate surface area is 93.5 Å². The van der Waals surface area contributed by atoms with Crippen molar-refractivity contribution >= 4 is 17.1 Å². The molecule has 0 bridgehead atoms. The van der Waals surface area contributed by atoms with Crippen molar-refractivity contribution < 1.29 is 9.53 Å². The quantitative estimate of drug-likeness (QED) is 0.791. The summed E-state index contributed by atoms with van der Waals surface area (Å²) in [5.74, 6) is 0.721. The van der Waals surface area contributed by atoms with E-state index in [4.69, 9.17) is 4.74 Å². The third-order valence-electron chi connectivity index (χ3n) is 2.61. The zero-order chi connectivity index (χ0) is 10.7. The average Bonchev–Trinajstić information content (AvgIpc) is 2.67. The van der Waals surface area contributed by atoms with E-state index in [9.17, 15) is 4.79 Å². The highest BCUT2D eigenvalue weighted by Crippen LogP contribution is 2.27. The van der Waals surface area contributed by atoms with E-state index in [2.05, 4.69) is 10.4 Å². The molecule has 2 heterocycles. The van der Waals surface area contributed by atoms with Gasteiger partial charge >= 0.3 is 0 Å².